The lowest BCUT2D eigenvalue weighted by Crippen LogP contribution is -2.19. The molecule has 4 nitrogen and oxygen atoms in total. The Bertz CT molecular complexity index is 395. The molecule has 15 heavy (non-hydrogen) atoms. The molecule has 1 unspecified atom stereocenters. The van der Waals surface area contributed by atoms with E-state index in [9.17, 15) is 4.79 Å². The average molecular weight is 207 g/mol. The lowest BCUT2D eigenvalue weighted by atomic mass is 10.1. The van der Waals surface area contributed by atoms with Gasteiger partial charge in [-0.25, -0.2) is 4.98 Å². The molecule has 1 aliphatic rings. The topological polar surface area (TPSA) is 57.8 Å². The number of rotatable bonds is 4. The standard InChI is InChI=1S/C11H17N3O/c1-7(5-9-3-4-9)12-10-6-11(15)14-8(2)13-10/h6-7,9H,3-5H2,1-2H3,(H2,12,13,14,15). The monoisotopic (exact) mass is 207 g/mol. The molecule has 0 bridgehead atoms. The first-order chi connectivity index (χ1) is 7.13. The molecule has 0 saturated heterocycles. The summed E-state index contributed by atoms with van der Waals surface area (Å²) in [5, 5.41) is 3.26. The molecule has 1 fully saturated rings. The zero-order chi connectivity index (χ0) is 10.8. The van der Waals surface area contributed by atoms with Crippen molar-refractivity contribution in [3.05, 3.63) is 22.2 Å². The van der Waals surface area contributed by atoms with Crippen LogP contribution in [0.4, 0.5) is 5.82 Å². The van der Waals surface area contributed by atoms with Crippen molar-refractivity contribution in [3.8, 4) is 0 Å². The number of H-pyrrole nitrogens is 1. The van der Waals surface area contributed by atoms with Crippen molar-refractivity contribution in [2.75, 3.05) is 5.32 Å². The zero-order valence-corrected chi connectivity index (χ0v) is 9.21. The molecule has 1 saturated carbocycles. The van der Waals surface area contributed by atoms with E-state index in [0.29, 0.717) is 17.7 Å². The van der Waals surface area contributed by atoms with E-state index in [1.165, 1.54) is 25.3 Å². The second-order valence-corrected chi connectivity index (χ2v) is 4.44. The Labute approximate surface area is 89.1 Å². The fourth-order valence-corrected chi connectivity index (χ4v) is 1.82. The van der Waals surface area contributed by atoms with Gasteiger partial charge >= 0.3 is 0 Å². The lowest BCUT2D eigenvalue weighted by molar-refractivity contribution is 0.639. The second kappa shape index (κ2) is 4.04. The van der Waals surface area contributed by atoms with Crippen LogP contribution in [0.25, 0.3) is 0 Å². The lowest BCUT2D eigenvalue weighted by Gasteiger charge is -2.13. The Morgan fingerprint density at radius 3 is 3.00 bits per heavy atom. The molecular weight excluding hydrogens is 190 g/mol. The summed E-state index contributed by atoms with van der Waals surface area (Å²) in [5.74, 6) is 2.23. The third kappa shape index (κ3) is 3.08. The number of aryl methyl sites for hydroxylation is 1. The molecule has 0 radical (unpaired) electrons. The first-order valence-corrected chi connectivity index (χ1v) is 5.48. The predicted octanol–water partition coefficient (Wildman–Crippen LogP) is 1.68. The third-order valence-electron chi connectivity index (χ3n) is 2.64. The molecule has 1 aromatic rings. The number of anilines is 1. The Kier molecular flexibility index (Phi) is 2.75. The van der Waals surface area contributed by atoms with Gasteiger partial charge in [0.25, 0.3) is 5.56 Å². The van der Waals surface area contributed by atoms with E-state index in [1.54, 1.807) is 6.92 Å². The van der Waals surface area contributed by atoms with Crippen LogP contribution in [0.15, 0.2) is 10.9 Å². The third-order valence-corrected chi connectivity index (χ3v) is 2.64. The summed E-state index contributed by atoms with van der Waals surface area (Å²) in [6.07, 6.45) is 3.88. The van der Waals surface area contributed by atoms with E-state index >= 15 is 0 Å². The van der Waals surface area contributed by atoms with E-state index in [-0.39, 0.29) is 5.56 Å². The average Bonchev–Trinajstić information content (AvgIpc) is 2.85. The summed E-state index contributed by atoms with van der Waals surface area (Å²) in [6.45, 7) is 3.93. The van der Waals surface area contributed by atoms with Gasteiger partial charge in [0.15, 0.2) is 0 Å². The first-order valence-electron chi connectivity index (χ1n) is 5.48. The molecule has 1 aromatic heterocycles. The molecule has 2 N–H and O–H groups in total. The quantitative estimate of drug-likeness (QED) is 0.789. The smallest absolute Gasteiger partial charge is 0.252 e. The number of hydrogen-bond acceptors (Lipinski definition) is 3. The number of aromatic nitrogens is 2. The minimum absolute atomic E-state index is 0.0939. The van der Waals surface area contributed by atoms with Crippen molar-refractivity contribution in [3.63, 3.8) is 0 Å². The van der Waals surface area contributed by atoms with Gasteiger partial charge in [0, 0.05) is 12.1 Å². The maximum absolute atomic E-state index is 11.2. The highest BCUT2D eigenvalue weighted by molar-refractivity contribution is 5.33. The number of hydrogen-bond donors (Lipinski definition) is 2. The zero-order valence-electron chi connectivity index (χ0n) is 9.21. The van der Waals surface area contributed by atoms with Crippen LogP contribution in [0.5, 0.6) is 0 Å². The highest BCUT2D eigenvalue weighted by Crippen LogP contribution is 2.33. The van der Waals surface area contributed by atoms with Gasteiger partial charge in [-0.05, 0) is 26.2 Å². The van der Waals surface area contributed by atoms with E-state index in [1.807, 2.05) is 0 Å². The van der Waals surface area contributed by atoms with Crippen LogP contribution in [-0.4, -0.2) is 16.0 Å². The Hall–Kier alpha value is -1.32. The largest absolute Gasteiger partial charge is 0.367 e. The molecular formula is C11H17N3O. The van der Waals surface area contributed by atoms with Crippen LogP contribution in [0, 0.1) is 12.8 Å². The SMILES string of the molecule is Cc1nc(NC(C)CC2CC2)cc(=O)[nH]1. The van der Waals surface area contributed by atoms with Gasteiger partial charge in [0.1, 0.15) is 11.6 Å². The van der Waals surface area contributed by atoms with Crippen molar-refractivity contribution in [1.82, 2.24) is 9.97 Å². The summed E-state index contributed by atoms with van der Waals surface area (Å²) in [5.41, 5.74) is -0.0939. The molecule has 4 heteroatoms. The Balaban J connectivity index is 1.99. The Morgan fingerprint density at radius 1 is 1.67 bits per heavy atom. The highest BCUT2D eigenvalue weighted by atomic mass is 16.1. The van der Waals surface area contributed by atoms with Crippen LogP contribution in [0.3, 0.4) is 0 Å². The van der Waals surface area contributed by atoms with E-state index in [2.05, 4.69) is 22.2 Å². The highest BCUT2D eigenvalue weighted by Gasteiger charge is 2.23. The predicted molar refractivity (Wildman–Crippen MR) is 60.0 cm³/mol. The molecule has 0 spiro atoms. The van der Waals surface area contributed by atoms with E-state index in [0.717, 1.165) is 5.92 Å². The van der Waals surface area contributed by atoms with Crippen molar-refractivity contribution in [1.29, 1.82) is 0 Å². The van der Waals surface area contributed by atoms with Crippen LogP contribution < -0.4 is 10.9 Å². The summed E-state index contributed by atoms with van der Waals surface area (Å²) in [7, 11) is 0. The number of nitrogens with one attached hydrogen (secondary N) is 2. The molecule has 0 aliphatic heterocycles. The van der Waals surface area contributed by atoms with Crippen LogP contribution >= 0.6 is 0 Å². The van der Waals surface area contributed by atoms with Crippen LogP contribution in [0.2, 0.25) is 0 Å². The van der Waals surface area contributed by atoms with Gasteiger partial charge in [-0.1, -0.05) is 12.8 Å². The molecule has 1 atom stereocenters. The van der Waals surface area contributed by atoms with Crippen LogP contribution in [0.1, 0.15) is 32.0 Å². The van der Waals surface area contributed by atoms with Gasteiger partial charge in [-0.15, -0.1) is 0 Å². The molecule has 2 rings (SSSR count). The first kappa shape index (κ1) is 10.2. The fourth-order valence-electron chi connectivity index (χ4n) is 1.82. The molecule has 0 amide bonds. The molecule has 1 heterocycles. The molecule has 82 valence electrons. The summed E-state index contributed by atoms with van der Waals surface area (Å²) in [4.78, 5) is 18.1. The molecule has 1 aliphatic carbocycles. The van der Waals surface area contributed by atoms with Crippen LogP contribution in [-0.2, 0) is 0 Å². The minimum Gasteiger partial charge on any atom is -0.367 e. The maximum atomic E-state index is 11.2. The van der Waals surface area contributed by atoms with Crippen molar-refractivity contribution in [2.24, 2.45) is 5.92 Å². The maximum Gasteiger partial charge on any atom is 0.252 e. The number of aromatic amines is 1. The Morgan fingerprint density at radius 2 is 2.40 bits per heavy atom. The summed E-state index contributed by atoms with van der Waals surface area (Å²) >= 11 is 0. The van der Waals surface area contributed by atoms with Gasteiger partial charge in [0.2, 0.25) is 0 Å². The van der Waals surface area contributed by atoms with Gasteiger partial charge < -0.3 is 10.3 Å². The van der Waals surface area contributed by atoms with Gasteiger partial charge in [-0.3, -0.25) is 4.79 Å². The van der Waals surface area contributed by atoms with Crippen molar-refractivity contribution < 1.29 is 0 Å². The fraction of sp³-hybridized carbons (Fsp3) is 0.636. The van der Waals surface area contributed by atoms with Gasteiger partial charge in [0.05, 0.1) is 0 Å². The molecule has 0 aromatic carbocycles. The van der Waals surface area contributed by atoms with Gasteiger partial charge in [-0.2, -0.15) is 0 Å². The summed E-state index contributed by atoms with van der Waals surface area (Å²) in [6, 6.07) is 1.90. The minimum atomic E-state index is -0.0939. The summed E-state index contributed by atoms with van der Waals surface area (Å²) < 4.78 is 0. The number of nitrogens with zero attached hydrogens (tertiary/aromatic N) is 1. The van der Waals surface area contributed by atoms with E-state index < -0.39 is 0 Å². The van der Waals surface area contributed by atoms with Crippen molar-refractivity contribution >= 4 is 5.82 Å². The second-order valence-electron chi connectivity index (χ2n) is 4.44. The van der Waals surface area contributed by atoms with E-state index in [4.69, 9.17) is 0 Å². The normalized spacial score (nSPS) is 17.5. The van der Waals surface area contributed by atoms with Crippen molar-refractivity contribution in [2.45, 2.75) is 39.2 Å².